The Bertz CT molecular complexity index is 198. The van der Waals surface area contributed by atoms with E-state index in [0.717, 1.165) is 25.2 Å². The van der Waals surface area contributed by atoms with Crippen LogP contribution in [0.15, 0.2) is 16.3 Å². The van der Waals surface area contributed by atoms with Crippen LogP contribution >= 0.6 is 0 Å². The lowest BCUT2D eigenvalue weighted by atomic mass is 10.1. The van der Waals surface area contributed by atoms with Gasteiger partial charge in [-0.15, -0.1) is 0 Å². The van der Waals surface area contributed by atoms with E-state index in [-0.39, 0.29) is 0 Å². The molecule has 0 bridgehead atoms. The number of aliphatic imine (C=N–C) groups is 1. The van der Waals surface area contributed by atoms with Crippen LogP contribution in [0.25, 0.3) is 0 Å². The predicted octanol–water partition coefficient (Wildman–Crippen LogP) is 1.73. The van der Waals surface area contributed by atoms with Gasteiger partial charge in [-0.1, -0.05) is 0 Å². The summed E-state index contributed by atoms with van der Waals surface area (Å²) in [4.78, 5) is 4.47. The molecule has 1 aliphatic heterocycles. The van der Waals surface area contributed by atoms with Gasteiger partial charge in [0.1, 0.15) is 0 Å². The first-order valence-electron chi connectivity index (χ1n) is 4.11. The molecule has 0 aromatic carbocycles. The summed E-state index contributed by atoms with van der Waals surface area (Å²) >= 11 is 0. The Kier molecular flexibility index (Phi) is 2.83. The normalized spacial score (nSPS) is 18.5. The van der Waals surface area contributed by atoms with Crippen molar-refractivity contribution >= 4 is 5.71 Å². The van der Waals surface area contributed by atoms with E-state index in [0.29, 0.717) is 0 Å². The highest BCUT2D eigenvalue weighted by Gasteiger charge is 2.06. The van der Waals surface area contributed by atoms with Crippen LogP contribution in [0.3, 0.4) is 0 Å². The fourth-order valence-corrected chi connectivity index (χ4v) is 1.22. The molecule has 1 rings (SSSR count). The summed E-state index contributed by atoms with van der Waals surface area (Å²) in [5, 5.41) is 3.31. The molecule has 11 heavy (non-hydrogen) atoms. The van der Waals surface area contributed by atoms with E-state index >= 15 is 0 Å². The average Bonchev–Trinajstić information content (AvgIpc) is 1.93. The Morgan fingerprint density at radius 3 is 2.73 bits per heavy atom. The molecule has 0 atom stereocenters. The van der Waals surface area contributed by atoms with Crippen LogP contribution in [0.1, 0.15) is 27.2 Å². The molecule has 0 aromatic rings. The van der Waals surface area contributed by atoms with Gasteiger partial charge in [0.2, 0.25) is 0 Å². The zero-order chi connectivity index (χ0) is 8.27. The highest BCUT2D eigenvalue weighted by molar-refractivity contribution is 5.80. The third-order valence-corrected chi connectivity index (χ3v) is 1.78. The van der Waals surface area contributed by atoms with Crippen LogP contribution in [-0.4, -0.2) is 18.8 Å². The van der Waals surface area contributed by atoms with Crippen LogP contribution in [0, 0.1) is 0 Å². The minimum absolute atomic E-state index is 1.01. The van der Waals surface area contributed by atoms with Crippen molar-refractivity contribution in [3.05, 3.63) is 11.3 Å². The van der Waals surface area contributed by atoms with Gasteiger partial charge in [0.25, 0.3) is 0 Å². The highest BCUT2D eigenvalue weighted by atomic mass is 14.9. The standard InChI is InChI=1S/C9H16N2/c1-7(2)11-9-4-5-10-6-8(9)3/h10H,4-6H2,1-3H3. The van der Waals surface area contributed by atoms with Crippen molar-refractivity contribution in [3.63, 3.8) is 0 Å². The van der Waals surface area contributed by atoms with E-state index in [1.165, 1.54) is 11.3 Å². The fourth-order valence-electron chi connectivity index (χ4n) is 1.22. The van der Waals surface area contributed by atoms with Gasteiger partial charge < -0.3 is 5.32 Å². The van der Waals surface area contributed by atoms with Gasteiger partial charge in [-0.3, -0.25) is 4.99 Å². The molecule has 0 amide bonds. The van der Waals surface area contributed by atoms with Gasteiger partial charge in [0.05, 0.1) is 0 Å². The first-order valence-corrected chi connectivity index (χ1v) is 4.11. The van der Waals surface area contributed by atoms with Crippen molar-refractivity contribution in [3.8, 4) is 0 Å². The van der Waals surface area contributed by atoms with Crippen molar-refractivity contribution in [2.75, 3.05) is 13.1 Å². The second kappa shape index (κ2) is 3.67. The van der Waals surface area contributed by atoms with E-state index in [1.54, 1.807) is 0 Å². The molecule has 0 fully saturated rings. The minimum Gasteiger partial charge on any atom is -0.313 e. The van der Waals surface area contributed by atoms with E-state index in [9.17, 15) is 0 Å². The number of hydrogen-bond acceptors (Lipinski definition) is 2. The van der Waals surface area contributed by atoms with Crippen molar-refractivity contribution in [1.29, 1.82) is 0 Å². The van der Waals surface area contributed by atoms with Gasteiger partial charge >= 0.3 is 0 Å². The number of nitrogens with one attached hydrogen (secondary N) is 1. The van der Waals surface area contributed by atoms with E-state index in [1.807, 2.05) is 13.8 Å². The molecule has 1 N–H and O–H groups in total. The third kappa shape index (κ3) is 2.46. The van der Waals surface area contributed by atoms with Gasteiger partial charge in [0, 0.05) is 30.9 Å². The molecule has 0 aliphatic carbocycles. The van der Waals surface area contributed by atoms with Crippen LogP contribution in [0.5, 0.6) is 0 Å². The molecule has 2 heteroatoms. The van der Waals surface area contributed by atoms with E-state index < -0.39 is 0 Å². The SMILES string of the molecule is CC(C)=NC1=C(C)CNCC1. The Morgan fingerprint density at radius 2 is 2.18 bits per heavy atom. The molecule has 1 aliphatic rings. The lowest BCUT2D eigenvalue weighted by Gasteiger charge is -2.15. The molecule has 2 nitrogen and oxygen atoms in total. The summed E-state index contributed by atoms with van der Waals surface area (Å²) in [5.74, 6) is 0. The number of hydrogen-bond donors (Lipinski definition) is 1. The van der Waals surface area contributed by atoms with Crippen LogP contribution < -0.4 is 5.32 Å². The maximum absolute atomic E-state index is 4.47. The van der Waals surface area contributed by atoms with Gasteiger partial charge in [0.15, 0.2) is 0 Å². The maximum atomic E-state index is 4.47. The first kappa shape index (κ1) is 8.47. The topological polar surface area (TPSA) is 24.4 Å². The molecule has 0 radical (unpaired) electrons. The third-order valence-electron chi connectivity index (χ3n) is 1.78. The molecular formula is C9H16N2. The zero-order valence-electron chi connectivity index (χ0n) is 7.57. The zero-order valence-corrected chi connectivity index (χ0v) is 7.57. The number of rotatable bonds is 1. The first-order chi connectivity index (χ1) is 5.20. The van der Waals surface area contributed by atoms with Crippen LogP contribution in [0.2, 0.25) is 0 Å². The summed E-state index contributed by atoms with van der Waals surface area (Å²) in [6.45, 7) is 8.31. The van der Waals surface area contributed by atoms with Crippen molar-refractivity contribution in [2.45, 2.75) is 27.2 Å². The quantitative estimate of drug-likeness (QED) is 0.569. The summed E-state index contributed by atoms with van der Waals surface area (Å²) in [6.07, 6.45) is 1.08. The predicted molar refractivity (Wildman–Crippen MR) is 49.0 cm³/mol. The fraction of sp³-hybridized carbons (Fsp3) is 0.667. The monoisotopic (exact) mass is 152 g/mol. The highest BCUT2D eigenvalue weighted by Crippen LogP contribution is 2.13. The Morgan fingerprint density at radius 1 is 1.45 bits per heavy atom. The summed E-state index contributed by atoms with van der Waals surface area (Å²) in [7, 11) is 0. The average molecular weight is 152 g/mol. The number of nitrogens with zero attached hydrogens (tertiary/aromatic N) is 1. The molecule has 0 aromatic heterocycles. The lowest BCUT2D eigenvalue weighted by Crippen LogP contribution is -2.23. The summed E-state index contributed by atoms with van der Waals surface area (Å²) in [5.41, 5.74) is 3.82. The molecule has 0 saturated heterocycles. The van der Waals surface area contributed by atoms with E-state index in [4.69, 9.17) is 0 Å². The summed E-state index contributed by atoms with van der Waals surface area (Å²) < 4.78 is 0. The van der Waals surface area contributed by atoms with Crippen molar-refractivity contribution in [1.82, 2.24) is 5.32 Å². The molecule has 62 valence electrons. The minimum atomic E-state index is 1.01. The molecule has 1 heterocycles. The van der Waals surface area contributed by atoms with Crippen molar-refractivity contribution < 1.29 is 0 Å². The lowest BCUT2D eigenvalue weighted by molar-refractivity contribution is 0.672. The smallest absolute Gasteiger partial charge is 0.0417 e. The molecular weight excluding hydrogens is 136 g/mol. The van der Waals surface area contributed by atoms with Gasteiger partial charge in [-0.2, -0.15) is 0 Å². The maximum Gasteiger partial charge on any atom is 0.0417 e. The molecule has 0 unspecified atom stereocenters. The van der Waals surface area contributed by atoms with Gasteiger partial charge in [-0.05, 0) is 26.3 Å². The Labute approximate surface area is 68.4 Å². The van der Waals surface area contributed by atoms with Gasteiger partial charge in [-0.25, -0.2) is 0 Å². The van der Waals surface area contributed by atoms with Crippen LogP contribution in [0.4, 0.5) is 0 Å². The van der Waals surface area contributed by atoms with Crippen molar-refractivity contribution in [2.24, 2.45) is 4.99 Å². The van der Waals surface area contributed by atoms with Crippen LogP contribution in [-0.2, 0) is 0 Å². The largest absolute Gasteiger partial charge is 0.313 e. The second-order valence-electron chi connectivity index (χ2n) is 3.21. The summed E-state index contributed by atoms with van der Waals surface area (Å²) in [6, 6.07) is 0. The molecule has 0 saturated carbocycles. The Hall–Kier alpha value is -0.630. The van der Waals surface area contributed by atoms with E-state index in [2.05, 4.69) is 17.2 Å². The second-order valence-corrected chi connectivity index (χ2v) is 3.21. The Balaban J connectivity index is 2.75. The molecule has 0 spiro atoms.